The molecule has 0 saturated carbocycles. The number of aromatic nitrogens is 4. The molecular formula is C41H42ClN7O5. The third-order valence-corrected chi connectivity index (χ3v) is 11.4. The van der Waals surface area contributed by atoms with Crippen molar-refractivity contribution in [2.24, 2.45) is 0 Å². The fourth-order valence-corrected chi connectivity index (χ4v) is 8.36. The van der Waals surface area contributed by atoms with Gasteiger partial charge in [0.1, 0.15) is 23.8 Å². The number of nitrogens with zero attached hydrogens (tertiary/aromatic N) is 4. The van der Waals surface area contributed by atoms with Crippen molar-refractivity contribution in [3.63, 3.8) is 0 Å². The molecule has 5 aromatic rings. The van der Waals surface area contributed by atoms with E-state index in [0.29, 0.717) is 23.7 Å². The number of hydrogen-bond donors (Lipinski definition) is 3. The molecule has 6 heterocycles. The van der Waals surface area contributed by atoms with E-state index in [1.807, 2.05) is 40.4 Å². The number of H-pyrrole nitrogens is 2. The average Bonchev–Trinajstić information content (AvgIpc) is 4.04. The van der Waals surface area contributed by atoms with Gasteiger partial charge in [-0.1, -0.05) is 78.3 Å². The number of carbonyl (C=O) groups is 2. The zero-order valence-corrected chi connectivity index (χ0v) is 30.5. The molecule has 3 aromatic carbocycles. The van der Waals surface area contributed by atoms with Crippen LogP contribution in [0.1, 0.15) is 73.9 Å². The molecule has 4 aliphatic heterocycles. The monoisotopic (exact) mass is 747 g/mol. The van der Waals surface area contributed by atoms with Crippen LogP contribution in [-0.2, 0) is 23.8 Å². The van der Waals surface area contributed by atoms with Crippen LogP contribution in [0.25, 0.3) is 33.6 Å². The Morgan fingerprint density at radius 1 is 0.722 bits per heavy atom. The summed E-state index contributed by atoms with van der Waals surface area (Å²) in [4.78, 5) is 47.4. The molecule has 278 valence electrons. The fraction of sp³-hybridized carbons (Fsp3) is 0.366. The van der Waals surface area contributed by atoms with Crippen molar-refractivity contribution in [1.29, 1.82) is 0 Å². The zero-order chi connectivity index (χ0) is 36.6. The molecule has 4 atom stereocenters. The van der Waals surface area contributed by atoms with Crippen LogP contribution in [-0.4, -0.2) is 80.6 Å². The van der Waals surface area contributed by atoms with Gasteiger partial charge in [-0.25, -0.2) is 9.97 Å². The number of nitrogens with one attached hydrogen (secondary N) is 3. The maximum absolute atomic E-state index is 14.1. The lowest BCUT2D eigenvalue weighted by Gasteiger charge is -2.34. The van der Waals surface area contributed by atoms with Gasteiger partial charge >= 0.3 is 0 Å². The van der Waals surface area contributed by atoms with Crippen LogP contribution in [0.15, 0.2) is 85.2 Å². The van der Waals surface area contributed by atoms with E-state index >= 15 is 0 Å². The average molecular weight is 748 g/mol. The highest BCUT2D eigenvalue weighted by molar-refractivity contribution is 6.31. The Morgan fingerprint density at radius 3 is 1.85 bits per heavy atom. The first-order valence-corrected chi connectivity index (χ1v) is 19.2. The maximum Gasteiger partial charge on any atom is 0.252 e. The SMILES string of the molecule is O=C([C@H]1CCCO1)N1CCC[C@H]1c1ncc(-c2ccc(-c3ccc(-c4cnc([C@@H]5CCCN5C(=O)[C@H](NC5OCO5)c5ccccc5Cl)[nH]4)cc3)cc2)[nH]1. The largest absolute Gasteiger partial charge is 0.368 e. The molecule has 0 spiro atoms. The lowest BCUT2D eigenvalue weighted by Crippen LogP contribution is -2.50. The number of hydrogen-bond acceptors (Lipinski definition) is 8. The maximum atomic E-state index is 14.1. The fourth-order valence-electron chi connectivity index (χ4n) is 8.11. The van der Waals surface area contributed by atoms with Gasteiger partial charge in [-0.3, -0.25) is 14.9 Å². The highest BCUT2D eigenvalue weighted by Crippen LogP contribution is 2.37. The molecule has 3 N–H and O–H groups in total. The summed E-state index contributed by atoms with van der Waals surface area (Å²) < 4.78 is 16.5. The number of likely N-dealkylation sites (tertiary alicyclic amines) is 2. The number of ether oxygens (including phenoxy) is 3. The van der Waals surface area contributed by atoms with E-state index in [4.69, 9.17) is 35.8 Å². The third kappa shape index (κ3) is 6.84. The standard InChI is InChI=1S/C41H42ClN7O5/c42-30-7-2-1-6-29(30)36(47-41-53-24-54-41)40(51)49-20-4-9-34(49)38-44-23-32(46-38)28-17-13-26(14-18-28)25-11-15-27(16-12-25)31-22-43-37(45-31)33-8-3-19-48(33)39(50)35-10-5-21-52-35/h1-2,6-7,11-18,22-23,33-36,41,47H,3-5,8-10,19-21,24H2,(H,43,45)(H,44,46)/t33-,34-,35+,36+/m0/s1. The summed E-state index contributed by atoms with van der Waals surface area (Å²) in [5, 5.41) is 3.68. The molecule has 4 saturated heterocycles. The molecule has 0 unspecified atom stereocenters. The number of aromatic amines is 2. The van der Waals surface area contributed by atoms with E-state index in [1.54, 1.807) is 6.07 Å². The van der Waals surface area contributed by atoms with Crippen molar-refractivity contribution in [3.8, 4) is 33.6 Å². The van der Waals surface area contributed by atoms with Gasteiger partial charge in [0.15, 0.2) is 6.79 Å². The van der Waals surface area contributed by atoms with E-state index < -0.39 is 12.5 Å². The van der Waals surface area contributed by atoms with E-state index in [0.717, 1.165) is 90.4 Å². The number of halogens is 1. The molecule has 12 nitrogen and oxygen atoms in total. The Kier molecular flexibility index (Phi) is 9.77. The normalized spacial score (nSPS) is 22.1. The van der Waals surface area contributed by atoms with E-state index in [2.05, 4.69) is 63.8 Å². The minimum Gasteiger partial charge on any atom is -0.368 e. The highest BCUT2D eigenvalue weighted by Gasteiger charge is 2.39. The Balaban J connectivity index is 0.863. The smallest absolute Gasteiger partial charge is 0.252 e. The summed E-state index contributed by atoms with van der Waals surface area (Å²) >= 11 is 6.54. The van der Waals surface area contributed by atoms with E-state index in [-0.39, 0.29) is 36.8 Å². The molecule has 2 amide bonds. The Labute approximate surface area is 318 Å². The van der Waals surface area contributed by atoms with Gasteiger partial charge in [0, 0.05) is 24.7 Å². The molecule has 9 rings (SSSR count). The summed E-state index contributed by atoms with van der Waals surface area (Å²) in [5.41, 5.74) is 6.72. The van der Waals surface area contributed by atoms with Crippen LogP contribution in [0.4, 0.5) is 0 Å². The minimum atomic E-state index is -0.727. The van der Waals surface area contributed by atoms with Gasteiger partial charge in [-0.15, -0.1) is 0 Å². The number of benzene rings is 3. The number of amides is 2. The Morgan fingerprint density at radius 2 is 1.30 bits per heavy atom. The summed E-state index contributed by atoms with van der Waals surface area (Å²) in [5.74, 6) is 1.57. The van der Waals surface area contributed by atoms with Crippen molar-refractivity contribution in [3.05, 3.63) is 107 Å². The second kappa shape index (κ2) is 15.1. The second-order valence-corrected chi connectivity index (χ2v) is 14.7. The van der Waals surface area contributed by atoms with E-state index in [9.17, 15) is 9.59 Å². The van der Waals surface area contributed by atoms with Crippen LogP contribution >= 0.6 is 11.6 Å². The van der Waals surface area contributed by atoms with Crippen LogP contribution in [0.2, 0.25) is 5.02 Å². The Hall–Kier alpha value is -4.85. The lowest BCUT2D eigenvalue weighted by atomic mass is 10.0. The van der Waals surface area contributed by atoms with E-state index in [1.165, 1.54) is 0 Å². The first-order valence-electron chi connectivity index (χ1n) is 18.8. The van der Waals surface area contributed by atoms with Gasteiger partial charge in [0.2, 0.25) is 12.3 Å². The summed E-state index contributed by atoms with van der Waals surface area (Å²) in [7, 11) is 0. The molecule has 0 radical (unpaired) electrons. The van der Waals surface area contributed by atoms with Crippen molar-refractivity contribution < 1.29 is 23.8 Å². The van der Waals surface area contributed by atoms with Crippen molar-refractivity contribution in [2.45, 2.75) is 69.2 Å². The summed E-state index contributed by atoms with van der Waals surface area (Å²) in [6.07, 6.45) is 7.98. The van der Waals surface area contributed by atoms with Gasteiger partial charge in [0.25, 0.3) is 5.91 Å². The lowest BCUT2D eigenvalue weighted by molar-refractivity contribution is -0.335. The number of imidazole rings is 2. The second-order valence-electron chi connectivity index (χ2n) is 14.3. The van der Waals surface area contributed by atoms with Crippen LogP contribution in [0.3, 0.4) is 0 Å². The molecule has 4 aliphatic rings. The van der Waals surface area contributed by atoms with Crippen LogP contribution in [0.5, 0.6) is 0 Å². The van der Waals surface area contributed by atoms with Crippen LogP contribution in [0, 0.1) is 0 Å². The van der Waals surface area contributed by atoms with Crippen LogP contribution < -0.4 is 5.32 Å². The number of carbonyl (C=O) groups excluding carboxylic acids is 2. The Bertz CT molecular complexity index is 2110. The van der Waals surface area contributed by atoms with Crippen molar-refractivity contribution in [1.82, 2.24) is 35.1 Å². The molecule has 54 heavy (non-hydrogen) atoms. The first kappa shape index (κ1) is 34.9. The minimum absolute atomic E-state index is 0.0459. The van der Waals surface area contributed by atoms with Gasteiger partial charge < -0.3 is 34.0 Å². The highest BCUT2D eigenvalue weighted by atomic mass is 35.5. The predicted molar refractivity (Wildman–Crippen MR) is 202 cm³/mol. The van der Waals surface area contributed by atoms with Gasteiger partial charge in [-0.05, 0) is 72.4 Å². The molecular weight excluding hydrogens is 706 g/mol. The third-order valence-electron chi connectivity index (χ3n) is 11.0. The molecule has 13 heteroatoms. The zero-order valence-electron chi connectivity index (χ0n) is 29.7. The topological polar surface area (TPSA) is 138 Å². The molecule has 4 fully saturated rings. The molecule has 0 aliphatic carbocycles. The molecule has 2 aromatic heterocycles. The summed E-state index contributed by atoms with van der Waals surface area (Å²) in [6.45, 7) is 2.20. The first-order chi connectivity index (χ1) is 26.5. The molecule has 0 bridgehead atoms. The quantitative estimate of drug-likeness (QED) is 0.140. The summed E-state index contributed by atoms with van der Waals surface area (Å²) in [6, 6.07) is 23.2. The van der Waals surface area contributed by atoms with Crippen molar-refractivity contribution in [2.75, 3.05) is 26.5 Å². The van der Waals surface area contributed by atoms with Gasteiger partial charge in [0.05, 0.1) is 35.9 Å². The van der Waals surface area contributed by atoms with Gasteiger partial charge in [-0.2, -0.15) is 0 Å². The van der Waals surface area contributed by atoms with Crippen molar-refractivity contribution >= 4 is 23.4 Å². The predicted octanol–water partition coefficient (Wildman–Crippen LogP) is 6.91. The number of rotatable bonds is 10.